The maximum absolute atomic E-state index is 12.0. The number of benzene rings is 2. The first-order chi connectivity index (χ1) is 8.83. The summed E-state index contributed by atoms with van der Waals surface area (Å²) >= 11 is 0. The third-order valence-corrected chi connectivity index (χ3v) is 2.64. The Hall–Kier alpha value is -2.36. The Morgan fingerprint density at radius 1 is 1.06 bits per heavy atom. The molecule has 91 valence electrons. The van der Waals surface area contributed by atoms with Crippen LogP contribution in [-0.4, -0.2) is 25.4 Å². The smallest absolute Gasteiger partial charge is 0.309 e. The van der Waals surface area contributed by atoms with Gasteiger partial charge >= 0.3 is 6.41 Å². The van der Waals surface area contributed by atoms with Gasteiger partial charge in [0.1, 0.15) is 0 Å². The highest BCUT2D eigenvalue weighted by Gasteiger charge is 2.08. The molecule has 2 aromatic rings. The SMILES string of the molecule is O=[C]NCCNC(=O)c1cccc2ccccc12. The molecule has 0 aliphatic rings. The first-order valence-electron chi connectivity index (χ1n) is 5.69. The molecule has 0 aliphatic carbocycles. The Bertz CT molecular complexity index is 561. The lowest BCUT2D eigenvalue weighted by molar-refractivity contribution is 0.0956. The van der Waals surface area contributed by atoms with Gasteiger partial charge in [0.25, 0.3) is 5.91 Å². The van der Waals surface area contributed by atoms with Crippen molar-refractivity contribution >= 4 is 23.1 Å². The molecule has 2 amide bonds. The van der Waals surface area contributed by atoms with Crippen molar-refractivity contribution in [2.24, 2.45) is 0 Å². The van der Waals surface area contributed by atoms with Gasteiger partial charge in [-0.3, -0.25) is 9.59 Å². The van der Waals surface area contributed by atoms with Crippen LogP contribution in [-0.2, 0) is 4.79 Å². The monoisotopic (exact) mass is 241 g/mol. The lowest BCUT2D eigenvalue weighted by atomic mass is 10.0. The van der Waals surface area contributed by atoms with Crippen LogP contribution in [0, 0.1) is 0 Å². The minimum atomic E-state index is -0.139. The molecule has 0 heterocycles. The lowest BCUT2D eigenvalue weighted by Crippen LogP contribution is -2.31. The van der Waals surface area contributed by atoms with E-state index >= 15 is 0 Å². The predicted molar refractivity (Wildman–Crippen MR) is 70.0 cm³/mol. The fourth-order valence-corrected chi connectivity index (χ4v) is 1.81. The Labute approximate surface area is 105 Å². The lowest BCUT2D eigenvalue weighted by Gasteiger charge is -2.07. The number of nitrogens with one attached hydrogen (secondary N) is 2. The molecule has 0 atom stereocenters. The van der Waals surface area contributed by atoms with E-state index in [9.17, 15) is 9.59 Å². The first kappa shape index (κ1) is 12.1. The number of fused-ring (bicyclic) bond motifs is 1. The van der Waals surface area contributed by atoms with Gasteiger partial charge < -0.3 is 10.6 Å². The zero-order valence-corrected chi connectivity index (χ0v) is 9.77. The van der Waals surface area contributed by atoms with Gasteiger partial charge in [-0.2, -0.15) is 0 Å². The van der Waals surface area contributed by atoms with E-state index in [0.29, 0.717) is 18.7 Å². The van der Waals surface area contributed by atoms with E-state index in [4.69, 9.17) is 0 Å². The van der Waals surface area contributed by atoms with Gasteiger partial charge in [0.2, 0.25) is 0 Å². The number of rotatable bonds is 5. The van der Waals surface area contributed by atoms with Gasteiger partial charge in [-0.15, -0.1) is 0 Å². The summed E-state index contributed by atoms with van der Waals surface area (Å²) in [6.45, 7) is 0.761. The highest BCUT2D eigenvalue weighted by molar-refractivity contribution is 6.06. The zero-order valence-electron chi connectivity index (χ0n) is 9.77. The Morgan fingerprint density at radius 3 is 2.67 bits per heavy atom. The second-order valence-electron chi connectivity index (χ2n) is 3.81. The summed E-state index contributed by atoms with van der Waals surface area (Å²) in [6, 6.07) is 13.3. The molecule has 4 heteroatoms. The van der Waals surface area contributed by atoms with Crippen LogP contribution in [0.3, 0.4) is 0 Å². The van der Waals surface area contributed by atoms with Crippen molar-refractivity contribution in [3.8, 4) is 0 Å². The molecule has 0 unspecified atom stereocenters. The molecular weight excluding hydrogens is 228 g/mol. The third kappa shape index (κ3) is 2.66. The van der Waals surface area contributed by atoms with Gasteiger partial charge in [0.05, 0.1) is 0 Å². The summed E-state index contributed by atoms with van der Waals surface area (Å²) in [6.07, 6.45) is 1.56. The average molecular weight is 241 g/mol. The van der Waals surface area contributed by atoms with Gasteiger partial charge in [0.15, 0.2) is 0 Å². The number of carbonyl (C=O) groups excluding carboxylic acids is 2. The number of carbonyl (C=O) groups is 1. The molecule has 18 heavy (non-hydrogen) atoms. The minimum Gasteiger partial charge on any atom is -0.350 e. The van der Waals surface area contributed by atoms with Crippen LogP contribution in [0.1, 0.15) is 10.4 Å². The molecule has 0 aliphatic heterocycles. The second kappa shape index (κ2) is 5.82. The quantitative estimate of drug-likeness (QED) is 0.611. The summed E-state index contributed by atoms with van der Waals surface area (Å²) < 4.78 is 0. The largest absolute Gasteiger partial charge is 0.350 e. The molecule has 2 rings (SSSR count). The van der Waals surface area contributed by atoms with Gasteiger partial charge in [-0.05, 0) is 16.8 Å². The molecule has 2 N–H and O–H groups in total. The molecule has 0 saturated carbocycles. The van der Waals surface area contributed by atoms with Gasteiger partial charge in [-0.25, -0.2) is 0 Å². The van der Waals surface area contributed by atoms with E-state index in [0.717, 1.165) is 10.8 Å². The van der Waals surface area contributed by atoms with E-state index in [1.807, 2.05) is 36.4 Å². The van der Waals surface area contributed by atoms with E-state index in [1.54, 1.807) is 12.5 Å². The number of hydrogen-bond donors (Lipinski definition) is 2. The van der Waals surface area contributed by atoms with Crippen molar-refractivity contribution in [3.05, 3.63) is 48.0 Å². The summed E-state index contributed by atoms with van der Waals surface area (Å²) in [5.41, 5.74) is 0.642. The summed E-state index contributed by atoms with van der Waals surface area (Å²) in [4.78, 5) is 21.9. The van der Waals surface area contributed by atoms with Crippen molar-refractivity contribution in [1.82, 2.24) is 10.6 Å². The van der Waals surface area contributed by atoms with Crippen molar-refractivity contribution in [1.29, 1.82) is 0 Å². The predicted octanol–water partition coefficient (Wildman–Crippen LogP) is 1.23. The summed E-state index contributed by atoms with van der Waals surface area (Å²) in [5.74, 6) is -0.139. The molecule has 0 saturated heterocycles. The molecule has 1 radical (unpaired) electrons. The fourth-order valence-electron chi connectivity index (χ4n) is 1.81. The highest BCUT2D eigenvalue weighted by Crippen LogP contribution is 2.18. The second-order valence-corrected chi connectivity index (χ2v) is 3.81. The average Bonchev–Trinajstić information content (AvgIpc) is 2.43. The Morgan fingerprint density at radius 2 is 1.83 bits per heavy atom. The highest BCUT2D eigenvalue weighted by atomic mass is 16.1. The van der Waals surface area contributed by atoms with Crippen molar-refractivity contribution in [2.75, 3.05) is 13.1 Å². The van der Waals surface area contributed by atoms with Crippen LogP contribution < -0.4 is 10.6 Å². The van der Waals surface area contributed by atoms with E-state index in [1.165, 1.54) is 0 Å². The van der Waals surface area contributed by atoms with E-state index in [-0.39, 0.29) is 5.91 Å². The van der Waals surface area contributed by atoms with E-state index in [2.05, 4.69) is 10.6 Å². The molecule has 2 aromatic carbocycles. The van der Waals surface area contributed by atoms with Crippen molar-refractivity contribution in [3.63, 3.8) is 0 Å². The maximum atomic E-state index is 12.0. The number of hydrogen-bond acceptors (Lipinski definition) is 2. The van der Waals surface area contributed by atoms with Crippen LogP contribution in [0.2, 0.25) is 0 Å². The Balaban J connectivity index is 2.15. The van der Waals surface area contributed by atoms with Gasteiger partial charge in [0, 0.05) is 18.7 Å². The fraction of sp³-hybridized carbons (Fsp3) is 0.143. The van der Waals surface area contributed by atoms with Crippen molar-refractivity contribution < 1.29 is 9.59 Å². The molecule has 4 nitrogen and oxygen atoms in total. The molecule has 0 bridgehead atoms. The summed E-state index contributed by atoms with van der Waals surface area (Å²) in [5, 5.41) is 7.07. The van der Waals surface area contributed by atoms with Gasteiger partial charge in [-0.1, -0.05) is 36.4 Å². The van der Waals surface area contributed by atoms with Crippen LogP contribution in [0.5, 0.6) is 0 Å². The molecule has 0 spiro atoms. The third-order valence-electron chi connectivity index (χ3n) is 2.64. The maximum Gasteiger partial charge on any atom is 0.309 e. The summed E-state index contributed by atoms with van der Waals surface area (Å²) in [7, 11) is 0. The topological polar surface area (TPSA) is 58.2 Å². The van der Waals surface area contributed by atoms with Crippen molar-refractivity contribution in [2.45, 2.75) is 0 Å². The Kier molecular flexibility index (Phi) is 3.91. The minimum absolute atomic E-state index is 0.139. The normalized spacial score (nSPS) is 10.0. The van der Waals surface area contributed by atoms with Crippen LogP contribution in [0.25, 0.3) is 10.8 Å². The molecular formula is C14H13N2O2. The molecule has 0 aromatic heterocycles. The number of amides is 2. The zero-order chi connectivity index (χ0) is 12.8. The van der Waals surface area contributed by atoms with Crippen LogP contribution >= 0.6 is 0 Å². The molecule has 0 fully saturated rings. The van der Waals surface area contributed by atoms with Crippen LogP contribution in [0.15, 0.2) is 42.5 Å². The first-order valence-corrected chi connectivity index (χ1v) is 5.69. The van der Waals surface area contributed by atoms with E-state index < -0.39 is 0 Å². The standard InChI is InChI=1S/C14H13N2O2/c17-10-15-8-9-16-14(18)13-7-3-5-11-4-1-2-6-12(11)13/h1-7H,8-9H2,(H,15,17)(H,16,18). The van der Waals surface area contributed by atoms with Crippen LogP contribution in [0.4, 0.5) is 0 Å².